The number of amides is 1. The van der Waals surface area contributed by atoms with Crippen molar-refractivity contribution in [3.05, 3.63) is 118 Å². The van der Waals surface area contributed by atoms with Crippen LogP contribution < -0.4 is 11.1 Å². The van der Waals surface area contributed by atoms with E-state index in [1.165, 1.54) is 6.07 Å². The average molecular weight is 680 g/mol. The number of benzene rings is 3. The number of aromatic nitrogens is 3. The first-order valence-corrected chi connectivity index (χ1v) is 17.6. The van der Waals surface area contributed by atoms with Gasteiger partial charge in [-0.1, -0.05) is 78.3 Å². The zero-order valence-corrected chi connectivity index (χ0v) is 30.6. The Labute approximate surface area is 296 Å². The molecule has 4 N–H and O–H groups in total. The van der Waals surface area contributed by atoms with Crippen molar-refractivity contribution < 1.29 is 13.6 Å². The molecule has 2 aromatic heterocycles. The average Bonchev–Trinajstić information content (AvgIpc) is 3.91. The standard InChI is InChI=1S/C36H36F2N4O.C2H3N.2C2H6/c1-5-20(2)26-17-32(40-34(22(26)4)27-15-21(3)29(37)18-30(27)38)28(23-9-7-6-8-10-23)19-39-36(43)25-13-14-31-33(16-25)42-35(41-31)24-11-12-24;1-2-3;2*1-2/h6-10,13-18,20,24,28H,5,11-12,19H2,1-4H3,(H,39,43)(H,41,42);1H,3H2;2*1-2H3. The van der Waals surface area contributed by atoms with Crippen molar-refractivity contribution in [2.45, 2.75) is 92.4 Å². The highest BCUT2D eigenvalue weighted by atomic mass is 19.1. The smallest absolute Gasteiger partial charge is 0.251 e. The summed E-state index contributed by atoms with van der Waals surface area (Å²) < 4.78 is 29.4. The van der Waals surface area contributed by atoms with Crippen molar-refractivity contribution in [1.29, 1.82) is 0 Å². The van der Waals surface area contributed by atoms with Gasteiger partial charge in [0.1, 0.15) is 17.5 Å². The first-order valence-electron chi connectivity index (χ1n) is 17.6. The number of aromatic amines is 1. The molecule has 2 unspecified atom stereocenters. The second kappa shape index (κ2) is 18.7. The fourth-order valence-corrected chi connectivity index (χ4v) is 5.76. The van der Waals surface area contributed by atoms with Crippen LogP contribution in [0.2, 0.25) is 0 Å². The number of hydrogen-bond acceptors (Lipinski definition) is 4. The number of carbonyl (C=O) groups excluding carboxylic acids is 1. The minimum atomic E-state index is -0.644. The summed E-state index contributed by atoms with van der Waals surface area (Å²) in [6.07, 6.45) is 7.56. The maximum absolute atomic E-state index is 15.2. The predicted octanol–water partition coefficient (Wildman–Crippen LogP) is 10.1. The van der Waals surface area contributed by atoms with Gasteiger partial charge in [-0.05, 0) is 97.7 Å². The normalized spacial score (nSPS) is 12.9. The summed E-state index contributed by atoms with van der Waals surface area (Å²) in [6, 6.07) is 21.7. The summed E-state index contributed by atoms with van der Waals surface area (Å²) in [6.45, 7) is 16.1. The summed E-state index contributed by atoms with van der Waals surface area (Å²) in [5.74, 6) is -0.0421. The number of carbonyl (C=O) groups is 1. The van der Waals surface area contributed by atoms with Crippen molar-refractivity contribution >= 4 is 16.9 Å². The van der Waals surface area contributed by atoms with Gasteiger partial charge in [0, 0.05) is 35.6 Å². The van der Waals surface area contributed by atoms with Crippen molar-refractivity contribution in [1.82, 2.24) is 20.3 Å². The van der Waals surface area contributed by atoms with Gasteiger partial charge in [0.2, 0.25) is 0 Å². The molecule has 1 amide bonds. The fourth-order valence-electron chi connectivity index (χ4n) is 5.76. The Bertz CT molecular complexity index is 1910. The Kier molecular flexibility index (Phi) is 14.7. The zero-order valence-electron chi connectivity index (χ0n) is 30.6. The first kappa shape index (κ1) is 39.4. The second-order valence-electron chi connectivity index (χ2n) is 12.0. The number of rotatable bonds is 9. The van der Waals surface area contributed by atoms with Crippen LogP contribution in [0.25, 0.3) is 22.3 Å². The molecule has 264 valence electrons. The molecule has 8 heteroatoms. The Balaban J connectivity index is 0.000000902. The van der Waals surface area contributed by atoms with E-state index in [1.807, 2.05) is 77.1 Å². The summed E-state index contributed by atoms with van der Waals surface area (Å²) in [5, 5.41) is 3.13. The van der Waals surface area contributed by atoms with Crippen LogP contribution in [-0.2, 0) is 0 Å². The Morgan fingerprint density at radius 3 is 2.28 bits per heavy atom. The number of nitrogens with two attached hydrogens (primary N) is 1. The van der Waals surface area contributed by atoms with Gasteiger partial charge in [-0.25, -0.2) is 13.8 Å². The van der Waals surface area contributed by atoms with Crippen LogP contribution in [0, 0.1) is 37.9 Å². The largest absolute Gasteiger partial charge is 0.360 e. The van der Waals surface area contributed by atoms with E-state index >= 15 is 4.39 Å². The molecule has 2 atom stereocenters. The molecule has 1 fully saturated rings. The molecule has 2 heterocycles. The number of aryl methyl sites for hydroxylation is 1. The van der Waals surface area contributed by atoms with Gasteiger partial charge in [0.25, 0.3) is 5.91 Å². The number of hydrogen-bond donors (Lipinski definition) is 3. The highest BCUT2D eigenvalue weighted by molar-refractivity contribution is 5.97. The van der Waals surface area contributed by atoms with Crippen LogP contribution in [0.4, 0.5) is 8.78 Å². The molecule has 1 aliphatic carbocycles. The van der Waals surface area contributed by atoms with Crippen LogP contribution in [0.3, 0.4) is 0 Å². The molecule has 0 spiro atoms. The molecular formula is C42H51F2N5O. The zero-order chi connectivity index (χ0) is 37.0. The molecule has 1 aliphatic rings. The van der Waals surface area contributed by atoms with Gasteiger partial charge in [-0.15, -0.1) is 0 Å². The number of pyridine rings is 1. The molecule has 6 nitrogen and oxygen atoms in total. The van der Waals surface area contributed by atoms with Crippen LogP contribution in [0.15, 0.2) is 66.7 Å². The Morgan fingerprint density at radius 2 is 1.66 bits per heavy atom. The number of nitrogens with one attached hydrogen (secondary N) is 2. The quantitative estimate of drug-likeness (QED) is 0.107. The lowest BCUT2D eigenvalue weighted by Crippen LogP contribution is -2.29. The summed E-state index contributed by atoms with van der Waals surface area (Å²) in [4.78, 5) is 26.5. The fraction of sp³-hybridized carbons (Fsp3) is 0.357. The van der Waals surface area contributed by atoms with Gasteiger partial charge < -0.3 is 16.0 Å². The topological polar surface area (TPSA) is 96.7 Å². The Morgan fingerprint density at radius 1 is 1.00 bits per heavy atom. The molecule has 50 heavy (non-hydrogen) atoms. The third-order valence-electron chi connectivity index (χ3n) is 8.73. The maximum atomic E-state index is 15.2. The molecule has 5 aromatic rings. The maximum Gasteiger partial charge on any atom is 0.251 e. The van der Waals surface area contributed by atoms with E-state index in [-0.39, 0.29) is 29.9 Å². The van der Waals surface area contributed by atoms with Crippen molar-refractivity contribution in [3.8, 4) is 23.7 Å². The predicted molar refractivity (Wildman–Crippen MR) is 202 cm³/mol. The van der Waals surface area contributed by atoms with Crippen LogP contribution >= 0.6 is 0 Å². The van der Waals surface area contributed by atoms with Gasteiger partial charge in [0.05, 0.1) is 22.4 Å². The van der Waals surface area contributed by atoms with Gasteiger partial charge in [0.15, 0.2) is 0 Å². The number of imidazole rings is 1. The molecular weight excluding hydrogens is 628 g/mol. The minimum Gasteiger partial charge on any atom is -0.360 e. The Hall–Kier alpha value is -5.03. The number of terminal acetylenes is 1. The molecule has 3 aromatic carbocycles. The number of nitrogens with zero attached hydrogens (tertiary/aromatic N) is 2. The highest BCUT2D eigenvalue weighted by Crippen LogP contribution is 2.39. The van der Waals surface area contributed by atoms with Gasteiger partial charge >= 0.3 is 0 Å². The summed E-state index contributed by atoms with van der Waals surface area (Å²) in [7, 11) is 0. The van der Waals surface area contributed by atoms with E-state index in [4.69, 9.17) is 4.98 Å². The minimum absolute atomic E-state index is 0.192. The van der Waals surface area contributed by atoms with E-state index in [9.17, 15) is 9.18 Å². The summed E-state index contributed by atoms with van der Waals surface area (Å²) in [5.41, 5.74) is 11.4. The van der Waals surface area contributed by atoms with E-state index in [1.54, 1.807) is 19.0 Å². The van der Waals surface area contributed by atoms with Gasteiger partial charge in [-0.3, -0.25) is 9.78 Å². The lowest BCUT2D eigenvalue weighted by Gasteiger charge is -2.23. The number of H-pyrrole nitrogens is 1. The van der Waals surface area contributed by atoms with E-state index in [0.717, 1.165) is 64.6 Å². The van der Waals surface area contributed by atoms with E-state index < -0.39 is 11.6 Å². The van der Waals surface area contributed by atoms with E-state index in [0.29, 0.717) is 22.7 Å². The SMILES string of the molecule is C#CN.CC.CC.CCC(C)c1cc(C(CNC(=O)c2ccc3nc(C4CC4)[nH]c3c2)c2ccccc2)nc(-c2cc(C)c(F)cc2F)c1C. The highest BCUT2D eigenvalue weighted by Gasteiger charge is 2.27. The van der Waals surface area contributed by atoms with Gasteiger partial charge in [-0.2, -0.15) is 0 Å². The van der Waals surface area contributed by atoms with Crippen LogP contribution in [0.1, 0.15) is 123 Å². The number of halogens is 2. The van der Waals surface area contributed by atoms with E-state index in [2.05, 4.69) is 47.4 Å². The first-order chi connectivity index (χ1) is 24.1. The molecule has 0 bridgehead atoms. The molecule has 0 aliphatic heterocycles. The second-order valence-corrected chi connectivity index (χ2v) is 12.0. The molecule has 0 radical (unpaired) electrons. The van der Waals surface area contributed by atoms with Crippen LogP contribution in [0.5, 0.6) is 0 Å². The number of fused-ring (bicyclic) bond motifs is 1. The molecule has 6 rings (SSSR count). The van der Waals surface area contributed by atoms with Crippen molar-refractivity contribution in [2.75, 3.05) is 6.54 Å². The molecule has 1 saturated carbocycles. The van der Waals surface area contributed by atoms with Crippen LogP contribution in [-0.4, -0.2) is 27.4 Å². The third-order valence-corrected chi connectivity index (χ3v) is 8.73. The molecule has 0 saturated heterocycles. The summed E-state index contributed by atoms with van der Waals surface area (Å²) >= 11 is 0. The van der Waals surface area contributed by atoms with Crippen molar-refractivity contribution in [3.63, 3.8) is 0 Å². The van der Waals surface area contributed by atoms with Crippen molar-refractivity contribution in [2.24, 2.45) is 5.73 Å². The third kappa shape index (κ3) is 9.35. The monoisotopic (exact) mass is 679 g/mol. The lowest BCUT2D eigenvalue weighted by atomic mass is 9.87. The lowest BCUT2D eigenvalue weighted by molar-refractivity contribution is 0.0952.